The predicted octanol–water partition coefficient (Wildman–Crippen LogP) is 10.3. The van der Waals surface area contributed by atoms with E-state index in [1.165, 1.54) is 22.7 Å². The van der Waals surface area contributed by atoms with Gasteiger partial charge in [-0.15, -0.1) is 20.4 Å². The molecule has 0 fully saturated rings. The number of anilines is 4. The van der Waals surface area contributed by atoms with E-state index < -0.39 is 0 Å². The molecule has 0 bridgehead atoms. The van der Waals surface area contributed by atoms with E-state index in [9.17, 15) is 0 Å². The number of thiazole rings is 2. The van der Waals surface area contributed by atoms with Gasteiger partial charge in [0.2, 0.25) is 10.1 Å². The minimum atomic E-state index is 0.593. The lowest BCUT2D eigenvalue weighted by atomic mass is 10.1. The van der Waals surface area contributed by atoms with Crippen molar-refractivity contribution in [3.05, 3.63) is 179 Å². The first-order valence-electron chi connectivity index (χ1n) is 20.0. The van der Waals surface area contributed by atoms with Crippen LogP contribution in [0.25, 0.3) is 22.5 Å². The first-order valence-corrected chi connectivity index (χ1v) is 21.6. The molecule has 64 heavy (non-hydrogen) atoms. The van der Waals surface area contributed by atoms with Crippen LogP contribution in [0.3, 0.4) is 0 Å². The minimum absolute atomic E-state index is 0.593. The van der Waals surface area contributed by atoms with Gasteiger partial charge >= 0.3 is 0 Å². The van der Waals surface area contributed by atoms with E-state index in [0.717, 1.165) is 65.2 Å². The van der Waals surface area contributed by atoms with Gasteiger partial charge in [-0.05, 0) is 61.4 Å². The number of pyridine rings is 2. The summed E-state index contributed by atoms with van der Waals surface area (Å²) in [6.07, 6.45) is 4.62. The van der Waals surface area contributed by atoms with Crippen LogP contribution in [-0.4, -0.2) is 61.2 Å². The maximum Gasteiger partial charge on any atom is 0.208 e. The molecule has 4 N–H and O–H groups in total. The normalized spacial score (nSPS) is 10.8. The molecule has 0 aliphatic rings. The summed E-state index contributed by atoms with van der Waals surface area (Å²) in [5.74, 6) is 4.02. The monoisotopic (exact) mass is 882 g/mol. The Morgan fingerprint density at radius 1 is 0.516 bits per heavy atom. The molecule has 0 radical (unpaired) electrons. The van der Waals surface area contributed by atoms with Gasteiger partial charge in [0.1, 0.15) is 34.5 Å². The fraction of sp³-hybridized carbons (Fsp3) is 0.0870. The van der Waals surface area contributed by atoms with Gasteiger partial charge in [0.05, 0.1) is 10.0 Å². The van der Waals surface area contributed by atoms with Gasteiger partial charge in [0.25, 0.3) is 0 Å². The second-order valence-electron chi connectivity index (χ2n) is 14.1. The van der Waals surface area contributed by atoms with Crippen LogP contribution in [-0.2, 0) is 12.8 Å². The Labute approximate surface area is 374 Å². The molecule has 0 atom stereocenters. The number of aryl methyl sites for hydroxylation is 2. The highest BCUT2D eigenvalue weighted by molar-refractivity contribution is 7.14. The SMILES string of the molecule is Cc1nc(-c2ccccc2)c(Oc2ccnc(Nc3cccc(Cc4nn[nH]n4)c3)c2)s1.Cc1nc(-c2ccccc2)c(Oc2ccnc(Nc3cccc(Cc4nn[nH]n4)c3)c2)s1. The first-order chi connectivity index (χ1) is 31.5. The van der Waals surface area contributed by atoms with E-state index in [1.54, 1.807) is 12.4 Å². The largest absolute Gasteiger partial charge is 0.444 e. The van der Waals surface area contributed by atoms with Crippen molar-refractivity contribution in [1.82, 2.24) is 61.2 Å². The molecular formula is C46H38N14O2S2. The summed E-state index contributed by atoms with van der Waals surface area (Å²) in [5.41, 5.74) is 7.69. The number of nitrogens with zero attached hydrogens (tertiary/aromatic N) is 10. The summed E-state index contributed by atoms with van der Waals surface area (Å²) in [6.45, 7) is 3.95. The maximum absolute atomic E-state index is 6.21. The number of nitrogens with one attached hydrogen (secondary N) is 4. The number of hydrogen-bond donors (Lipinski definition) is 4. The average molecular weight is 883 g/mol. The standard InChI is InChI=1S/2C23H19N7OS/c2*1-15-25-22(17-7-3-2-4-8-17)23(32-15)31-19-10-11-24-20(14-19)26-18-9-5-6-16(12-18)13-21-27-29-30-28-21/h2*2-12,14H,13H2,1H3,(H,24,26)(H,27,28,29,30). The van der Waals surface area contributed by atoms with Gasteiger partial charge in [-0.1, -0.05) is 118 Å². The van der Waals surface area contributed by atoms with Crippen molar-refractivity contribution in [2.45, 2.75) is 26.7 Å². The third kappa shape index (κ3) is 10.8. The molecule has 10 aromatic rings. The van der Waals surface area contributed by atoms with Crippen molar-refractivity contribution >= 4 is 45.7 Å². The third-order valence-electron chi connectivity index (χ3n) is 9.29. The number of tetrazole rings is 2. The van der Waals surface area contributed by atoms with Crippen LogP contribution in [0.4, 0.5) is 23.0 Å². The van der Waals surface area contributed by atoms with E-state index in [2.05, 4.69) is 71.8 Å². The Balaban J connectivity index is 0.000000162. The average Bonchev–Trinajstić information content (AvgIpc) is 4.15. The molecule has 0 saturated carbocycles. The van der Waals surface area contributed by atoms with Gasteiger partial charge in [-0.2, -0.15) is 10.4 Å². The van der Waals surface area contributed by atoms with Crippen molar-refractivity contribution in [2.24, 2.45) is 0 Å². The highest BCUT2D eigenvalue weighted by Gasteiger charge is 2.16. The van der Waals surface area contributed by atoms with E-state index >= 15 is 0 Å². The number of H-pyrrole nitrogens is 2. The Bertz CT molecular complexity index is 2850. The second-order valence-corrected chi connectivity index (χ2v) is 16.4. The molecule has 316 valence electrons. The molecule has 16 nitrogen and oxygen atoms in total. The van der Waals surface area contributed by atoms with Crippen LogP contribution >= 0.6 is 22.7 Å². The van der Waals surface area contributed by atoms with E-state index in [0.29, 0.717) is 47.6 Å². The molecule has 4 aromatic carbocycles. The fourth-order valence-corrected chi connectivity index (χ4v) is 8.11. The highest BCUT2D eigenvalue weighted by Crippen LogP contribution is 2.40. The lowest BCUT2D eigenvalue weighted by molar-refractivity contribution is 0.496. The Hall–Kier alpha value is -8.22. The number of aromatic nitrogens is 12. The molecule has 0 amide bonds. The lowest BCUT2D eigenvalue weighted by Gasteiger charge is -2.10. The number of ether oxygens (including phenoxy) is 2. The van der Waals surface area contributed by atoms with Gasteiger partial charge in [0.15, 0.2) is 11.6 Å². The van der Waals surface area contributed by atoms with Gasteiger partial charge in [-0.25, -0.2) is 19.9 Å². The fourth-order valence-electron chi connectivity index (χ4n) is 6.51. The molecule has 18 heteroatoms. The van der Waals surface area contributed by atoms with E-state index in [1.807, 2.05) is 147 Å². The van der Waals surface area contributed by atoms with Crippen molar-refractivity contribution in [2.75, 3.05) is 10.6 Å². The zero-order chi connectivity index (χ0) is 43.5. The molecule has 0 spiro atoms. The Morgan fingerprint density at radius 3 is 1.39 bits per heavy atom. The molecule has 0 saturated heterocycles. The van der Waals surface area contributed by atoms with Crippen LogP contribution in [0.1, 0.15) is 32.8 Å². The Kier molecular flexibility index (Phi) is 12.6. The summed E-state index contributed by atoms with van der Waals surface area (Å²) in [7, 11) is 0. The van der Waals surface area contributed by atoms with Gasteiger partial charge in [0, 0.05) is 59.9 Å². The number of rotatable bonds is 14. The zero-order valence-electron chi connectivity index (χ0n) is 34.4. The molecule has 10 rings (SSSR count). The number of hydrogen-bond acceptors (Lipinski definition) is 16. The number of aromatic amines is 2. The van der Waals surface area contributed by atoms with Crippen LogP contribution in [0.2, 0.25) is 0 Å². The summed E-state index contributed by atoms with van der Waals surface area (Å²) < 4.78 is 12.4. The van der Waals surface area contributed by atoms with Crippen LogP contribution in [0, 0.1) is 13.8 Å². The van der Waals surface area contributed by atoms with E-state index in [4.69, 9.17) is 9.47 Å². The molecular weight excluding hydrogens is 845 g/mol. The topological polar surface area (TPSA) is 203 Å². The van der Waals surface area contributed by atoms with Crippen molar-refractivity contribution in [3.8, 4) is 44.1 Å². The molecule has 6 aromatic heterocycles. The second kappa shape index (κ2) is 19.7. The maximum atomic E-state index is 6.21. The van der Waals surface area contributed by atoms with Crippen LogP contribution in [0.5, 0.6) is 21.6 Å². The van der Waals surface area contributed by atoms with Gasteiger partial charge < -0.3 is 20.1 Å². The summed E-state index contributed by atoms with van der Waals surface area (Å²) in [6, 6.07) is 43.5. The molecule has 6 heterocycles. The highest BCUT2D eigenvalue weighted by atomic mass is 32.1. The summed E-state index contributed by atoms with van der Waals surface area (Å²) in [5, 5.41) is 38.3. The predicted molar refractivity (Wildman–Crippen MR) is 247 cm³/mol. The van der Waals surface area contributed by atoms with Crippen LogP contribution < -0.4 is 20.1 Å². The first kappa shape index (κ1) is 41.1. The quantitative estimate of drug-likeness (QED) is 0.0803. The molecule has 0 unspecified atom stereocenters. The van der Waals surface area contributed by atoms with Crippen molar-refractivity contribution < 1.29 is 9.47 Å². The third-order valence-corrected chi connectivity index (χ3v) is 11.0. The Morgan fingerprint density at radius 2 is 0.969 bits per heavy atom. The lowest BCUT2D eigenvalue weighted by Crippen LogP contribution is -1.96. The van der Waals surface area contributed by atoms with Crippen molar-refractivity contribution in [1.29, 1.82) is 0 Å². The summed E-state index contributed by atoms with van der Waals surface area (Å²) >= 11 is 3.05. The molecule has 0 aliphatic heterocycles. The minimum Gasteiger partial charge on any atom is -0.444 e. The van der Waals surface area contributed by atoms with Gasteiger partial charge in [-0.3, -0.25) is 0 Å². The van der Waals surface area contributed by atoms with E-state index in [-0.39, 0.29) is 0 Å². The smallest absolute Gasteiger partial charge is 0.208 e. The zero-order valence-corrected chi connectivity index (χ0v) is 36.0. The number of benzene rings is 4. The van der Waals surface area contributed by atoms with Crippen LogP contribution in [0.15, 0.2) is 146 Å². The van der Waals surface area contributed by atoms with Crippen molar-refractivity contribution in [3.63, 3.8) is 0 Å². The molecule has 0 aliphatic carbocycles. The summed E-state index contributed by atoms with van der Waals surface area (Å²) in [4.78, 5) is 18.2.